The Morgan fingerprint density at radius 1 is 1.46 bits per heavy atom. The highest BCUT2D eigenvalue weighted by Gasteiger charge is 2.15. The Kier molecular flexibility index (Phi) is 5.61. The van der Waals surface area contributed by atoms with Crippen LogP contribution in [0.5, 0.6) is 0 Å². The maximum atomic E-state index is 11.4. The zero-order valence-electron chi connectivity index (χ0n) is 8.98. The van der Waals surface area contributed by atoms with E-state index in [1.807, 2.05) is 0 Å². The van der Waals surface area contributed by atoms with Crippen molar-refractivity contribution in [3.8, 4) is 0 Å². The van der Waals surface area contributed by atoms with Gasteiger partial charge in [0.2, 0.25) is 5.91 Å². The molecule has 0 aromatic carbocycles. The number of alkyl halides is 1. The number of halogens is 1. The van der Waals surface area contributed by atoms with Crippen molar-refractivity contribution in [1.82, 2.24) is 5.32 Å². The third-order valence-corrected chi connectivity index (χ3v) is 2.71. The molecule has 0 aliphatic rings. The van der Waals surface area contributed by atoms with Crippen LogP contribution in [0.4, 0.5) is 0 Å². The molecule has 0 fully saturated rings. The summed E-state index contributed by atoms with van der Waals surface area (Å²) in [6, 6.07) is 0. The maximum absolute atomic E-state index is 11.4. The van der Waals surface area contributed by atoms with Crippen LogP contribution in [0.2, 0.25) is 0 Å². The molecule has 1 atom stereocenters. The molecule has 0 aliphatic carbocycles. The second-order valence-corrected chi connectivity index (χ2v) is 5.45. The van der Waals surface area contributed by atoms with E-state index in [0.29, 0.717) is 12.3 Å². The van der Waals surface area contributed by atoms with Gasteiger partial charge in [-0.3, -0.25) is 4.79 Å². The largest absolute Gasteiger partial charge is 0.356 e. The van der Waals surface area contributed by atoms with Crippen LogP contribution in [0.15, 0.2) is 0 Å². The first-order valence-electron chi connectivity index (χ1n) is 4.68. The minimum absolute atomic E-state index is 0.0850. The summed E-state index contributed by atoms with van der Waals surface area (Å²) in [5.74, 6) is 0.657. The Hall–Kier alpha value is -0.0500. The van der Waals surface area contributed by atoms with Gasteiger partial charge in [0, 0.05) is 18.3 Å². The summed E-state index contributed by atoms with van der Waals surface area (Å²) in [6.45, 7) is 9.08. The van der Waals surface area contributed by atoms with Gasteiger partial charge in [-0.05, 0) is 11.3 Å². The smallest absolute Gasteiger partial charge is 0.220 e. The molecule has 0 saturated heterocycles. The molecule has 2 nitrogen and oxygen atoms in total. The normalized spacial score (nSPS) is 13.9. The standard InChI is InChI=1S/C10H20BrNO/c1-8(6-11)7-12-9(13)5-10(2,3)4/h8H,5-7H2,1-4H3,(H,12,13). The first kappa shape index (κ1) is 12.9. The number of carbonyl (C=O) groups excluding carboxylic acids is 1. The summed E-state index contributed by atoms with van der Waals surface area (Å²) in [5, 5.41) is 3.85. The molecule has 78 valence electrons. The first-order chi connectivity index (χ1) is 5.85. The Bertz CT molecular complexity index is 163. The average molecular weight is 250 g/mol. The molecule has 0 aliphatic heterocycles. The van der Waals surface area contributed by atoms with Gasteiger partial charge in [-0.25, -0.2) is 0 Å². The van der Waals surface area contributed by atoms with Crippen LogP contribution >= 0.6 is 15.9 Å². The van der Waals surface area contributed by atoms with E-state index >= 15 is 0 Å². The van der Waals surface area contributed by atoms with Crippen LogP contribution in [0.1, 0.15) is 34.1 Å². The van der Waals surface area contributed by atoms with Crippen LogP contribution in [0.25, 0.3) is 0 Å². The second-order valence-electron chi connectivity index (χ2n) is 4.80. The first-order valence-corrected chi connectivity index (χ1v) is 5.80. The molecule has 0 aromatic heterocycles. The topological polar surface area (TPSA) is 29.1 Å². The number of hydrogen-bond donors (Lipinski definition) is 1. The van der Waals surface area contributed by atoms with Gasteiger partial charge < -0.3 is 5.32 Å². The Labute approximate surface area is 89.6 Å². The van der Waals surface area contributed by atoms with Gasteiger partial charge in [0.05, 0.1) is 0 Å². The van der Waals surface area contributed by atoms with Crippen LogP contribution in [-0.4, -0.2) is 17.8 Å². The number of rotatable bonds is 4. The van der Waals surface area contributed by atoms with E-state index < -0.39 is 0 Å². The molecule has 0 bridgehead atoms. The number of nitrogens with one attached hydrogen (secondary N) is 1. The predicted molar refractivity (Wildman–Crippen MR) is 60.0 cm³/mol. The minimum Gasteiger partial charge on any atom is -0.356 e. The molecule has 0 heterocycles. The van der Waals surface area contributed by atoms with Crippen molar-refractivity contribution in [1.29, 1.82) is 0 Å². The van der Waals surface area contributed by atoms with Gasteiger partial charge in [-0.1, -0.05) is 43.6 Å². The molecule has 1 unspecified atom stereocenters. The Morgan fingerprint density at radius 2 is 2.00 bits per heavy atom. The Balaban J connectivity index is 3.64. The van der Waals surface area contributed by atoms with Gasteiger partial charge >= 0.3 is 0 Å². The van der Waals surface area contributed by atoms with Crippen LogP contribution in [-0.2, 0) is 4.79 Å². The summed E-state index contributed by atoms with van der Waals surface area (Å²) in [7, 11) is 0. The monoisotopic (exact) mass is 249 g/mol. The summed E-state index contributed by atoms with van der Waals surface area (Å²) in [4.78, 5) is 11.4. The fraction of sp³-hybridized carbons (Fsp3) is 0.900. The van der Waals surface area contributed by atoms with Crippen molar-refractivity contribution >= 4 is 21.8 Å². The van der Waals surface area contributed by atoms with Crippen molar-refractivity contribution in [2.45, 2.75) is 34.1 Å². The molecule has 0 aromatic rings. The molecule has 0 rings (SSSR count). The number of amides is 1. The summed E-state index contributed by atoms with van der Waals surface area (Å²) < 4.78 is 0. The number of carbonyl (C=O) groups is 1. The van der Waals surface area contributed by atoms with E-state index in [1.54, 1.807) is 0 Å². The van der Waals surface area contributed by atoms with Gasteiger partial charge in [-0.2, -0.15) is 0 Å². The fourth-order valence-electron chi connectivity index (χ4n) is 0.887. The van der Waals surface area contributed by atoms with Crippen molar-refractivity contribution in [3.63, 3.8) is 0 Å². The molecule has 0 saturated carbocycles. The zero-order valence-corrected chi connectivity index (χ0v) is 10.6. The molecule has 1 amide bonds. The zero-order chi connectivity index (χ0) is 10.5. The molecule has 0 radical (unpaired) electrons. The van der Waals surface area contributed by atoms with Gasteiger partial charge in [0.25, 0.3) is 0 Å². The highest BCUT2D eigenvalue weighted by molar-refractivity contribution is 9.09. The highest BCUT2D eigenvalue weighted by atomic mass is 79.9. The average Bonchev–Trinajstić information content (AvgIpc) is 1.97. The highest BCUT2D eigenvalue weighted by Crippen LogP contribution is 2.17. The van der Waals surface area contributed by atoms with Crippen molar-refractivity contribution in [3.05, 3.63) is 0 Å². The molecular formula is C10H20BrNO. The molecule has 3 heteroatoms. The van der Waals surface area contributed by atoms with E-state index in [0.717, 1.165) is 11.9 Å². The van der Waals surface area contributed by atoms with E-state index in [-0.39, 0.29) is 11.3 Å². The van der Waals surface area contributed by atoms with E-state index in [4.69, 9.17) is 0 Å². The lowest BCUT2D eigenvalue weighted by molar-refractivity contribution is -0.122. The van der Waals surface area contributed by atoms with Crippen molar-refractivity contribution < 1.29 is 4.79 Å². The minimum atomic E-state index is 0.0850. The Morgan fingerprint density at radius 3 is 2.38 bits per heavy atom. The van der Waals surface area contributed by atoms with Crippen molar-refractivity contribution in [2.24, 2.45) is 11.3 Å². The maximum Gasteiger partial charge on any atom is 0.220 e. The van der Waals surface area contributed by atoms with E-state index in [2.05, 4.69) is 48.9 Å². The third kappa shape index (κ3) is 8.28. The molecule has 13 heavy (non-hydrogen) atoms. The molecular weight excluding hydrogens is 230 g/mol. The lowest BCUT2D eigenvalue weighted by Crippen LogP contribution is -2.31. The van der Waals surface area contributed by atoms with Gasteiger partial charge in [0.15, 0.2) is 0 Å². The van der Waals surface area contributed by atoms with Crippen molar-refractivity contribution in [2.75, 3.05) is 11.9 Å². The summed E-state index contributed by atoms with van der Waals surface area (Å²) >= 11 is 3.37. The van der Waals surface area contributed by atoms with E-state index in [9.17, 15) is 4.79 Å². The third-order valence-electron chi connectivity index (χ3n) is 1.60. The molecule has 0 spiro atoms. The summed E-state index contributed by atoms with van der Waals surface area (Å²) in [5.41, 5.74) is 0.0850. The van der Waals surface area contributed by atoms with Crippen LogP contribution in [0, 0.1) is 11.3 Å². The molecule has 1 N–H and O–H groups in total. The second kappa shape index (κ2) is 5.63. The quantitative estimate of drug-likeness (QED) is 0.763. The number of hydrogen-bond acceptors (Lipinski definition) is 1. The predicted octanol–water partition coefficient (Wildman–Crippen LogP) is 2.57. The van der Waals surface area contributed by atoms with Crippen LogP contribution in [0.3, 0.4) is 0 Å². The van der Waals surface area contributed by atoms with E-state index in [1.165, 1.54) is 0 Å². The van der Waals surface area contributed by atoms with Gasteiger partial charge in [0.1, 0.15) is 0 Å². The lowest BCUT2D eigenvalue weighted by atomic mass is 9.92. The van der Waals surface area contributed by atoms with Crippen LogP contribution < -0.4 is 5.32 Å². The summed E-state index contributed by atoms with van der Waals surface area (Å²) in [6.07, 6.45) is 0.599. The lowest BCUT2D eigenvalue weighted by Gasteiger charge is -2.18. The SMILES string of the molecule is CC(CBr)CNC(=O)CC(C)(C)C. The fourth-order valence-corrected chi connectivity index (χ4v) is 1.12. The van der Waals surface area contributed by atoms with Gasteiger partial charge in [-0.15, -0.1) is 0 Å².